The van der Waals surface area contributed by atoms with E-state index in [1.807, 2.05) is 6.92 Å². The molecule has 4 nitrogen and oxygen atoms in total. The maximum Gasteiger partial charge on any atom is 0.215 e. The largest absolute Gasteiger partial charge is 0.326 e. The molecule has 0 aromatic rings. The molecule has 0 saturated heterocycles. The summed E-state index contributed by atoms with van der Waals surface area (Å²) in [6, 6.07) is -0.177. The molecule has 0 amide bonds. The zero-order valence-electron chi connectivity index (χ0n) is 10.8. The highest BCUT2D eigenvalue weighted by Gasteiger charge is 2.43. The van der Waals surface area contributed by atoms with Gasteiger partial charge in [-0.15, -0.1) is 0 Å². The first-order valence-electron chi connectivity index (χ1n) is 6.63. The van der Waals surface area contributed by atoms with Crippen molar-refractivity contribution in [3.63, 3.8) is 0 Å². The van der Waals surface area contributed by atoms with Crippen molar-refractivity contribution >= 4 is 10.0 Å². The van der Waals surface area contributed by atoms with Gasteiger partial charge in [0.1, 0.15) is 0 Å². The Morgan fingerprint density at radius 1 is 1.35 bits per heavy atom. The minimum absolute atomic E-state index is 0.116. The summed E-state index contributed by atoms with van der Waals surface area (Å²) in [4.78, 5) is 0. The standard InChI is InChI=1S/C12H24N2O2S/c1-3-14(2)17(15,16)8-12(13)11-7-9-4-5-10(11)6-9/h9-12H,3-8,13H2,1-2H3. The zero-order chi connectivity index (χ0) is 12.6. The third kappa shape index (κ3) is 2.66. The molecule has 2 rings (SSSR count). The molecule has 0 spiro atoms. The Hall–Kier alpha value is -0.130. The van der Waals surface area contributed by atoms with Crippen LogP contribution in [-0.2, 0) is 10.0 Å². The molecule has 2 fully saturated rings. The van der Waals surface area contributed by atoms with Crippen molar-refractivity contribution in [1.29, 1.82) is 0 Å². The maximum absolute atomic E-state index is 12.0. The van der Waals surface area contributed by atoms with E-state index in [0.717, 1.165) is 12.3 Å². The van der Waals surface area contributed by atoms with E-state index < -0.39 is 10.0 Å². The third-order valence-corrected chi connectivity index (χ3v) is 6.68. The van der Waals surface area contributed by atoms with Gasteiger partial charge < -0.3 is 5.73 Å². The average molecular weight is 260 g/mol. The van der Waals surface area contributed by atoms with Gasteiger partial charge >= 0.3 is 0 Å². The molecule has 100 valence electrons. The van der Waals surface area contributed by atoms with Crippen molar-refractivity contribution in [2.45, 2.75) is 38.6 Å². The predicted octanol–water partition coefficient (Wildman–Crippen LogP) is 1.03. The van der Waals surface area contributed by atoms with Crippen LogP contribution in [0.3, 0.4) is 0 Å². The van der Waals surface area contributed by atoms with Crippen LogP contribution in [0.15, 0.2) is 0 Å². The van der Waals surface area contributed by atoms with Crippen molar-refractivity contribution in [3.8, 4) is 0 Å². The molecule has 4 unspecified atom stereocenters. The van der Waals surface area contributed by atoms with E-state index in [-0.39, 0.29) is 11.8 Å². The lowest BCUT2D eigenvalue weighted by atomic mass is 9.84. The summed E-state index contributed by atoms with van der Waals surface area (Å²) in [6.45, 7) is 2.37. The molecular formula is C12H24N2O2S. The molecule has 4 atom stereocenters. The minimum atomic E-state index is -3.16. The van der Waals surface area contributed by atoms with Gasteiger partial charge in [-0.25, -0.2) is 12.7 Å². The van der Waals surface area contributed by atoms with E-state index in [4.69, 9.17) is 5.73 Å². The van der Waals surface area contributed by atoms with Crippen molar-refractivity contribution in [3.05, 3.63) is 0 Å². The van der Waals surface area contributed by atoms with Gasteiger partial charge in [0, 0.05) is 19.6 Å². The molecule has 17 heavy (non-hydrogen) atoms. The van der Waals surface area contributed by atoms with Crippen LogP contribution in [0.1, 0.15) is 32.6 Å². The summed E-state index contributed by atoms with van der Waals surface area (Å²) < 4.78 is 25.4. The van der Waals surface area contributed by atoms with E-state index >= 15 is 0 Å². The van der Waals surface area contributed by atoms with Crippen LogP contribution < -0.4 is 5.73 Å². The first-order valence-corrected chi connectivity index (χ1v) is 8.24. The average Bonchev–Trinajstić information content (AvgIpc) is 2.88. The molecule has 2 saturated carbocycles. The first kappa shape index (κ1) is 13.3. The monoisotopic (exact) mass is 260 g/mol. The molecule has 0 aromatic heterocycles. The Morgan fingerprint density at radius 2 is 2.06 bits per heavy atom. The molecule has 2 bridgehead atoms. The summed E-state index contributed by atoms with van der Waals surface area (Å²) >= 11 is 0. The fraction of sp³-hybridized carbons (Fsp3) is 1.00. The van der Waals surface area contributed by atoms with Crippen LogP contribution in [-0.4, -0.2) is 38.1 Å². The molecule has 0 aromatic carbocycles. The Morgan fingerprint density at radius 3 is 2.53 bits per heavy atom. The van der Waals surface area contributed by atoms with Gasteiger partial charge in [0.25, 0.3) is 0 Å². The summed E-state index contributed by atoms with van der Waals surface area (Å²) in [5.74, 6) is 2.07. The van der Waals surface area contributed by atoms with Crippen molar-refractivity contribution < 1.29 is 8.42 Å². The van der Waals surface area contributed by atoms with Crippen molar-refractivity contribution in [2.24, 2.45) is 23.5 Å². The lowest BCUT2D eigenvalue weighted by molar-refractivity contribution is 0.292. The van der Waals surface area contributed by atoms with Crippen molar-refractivity contribution in [2.75, 3.05) is 19.3 Å². The van der Waals surface area contributed by atoms with Crippen LogP contribution >= 0.6 is 0 Å². The fourth-order valence-electron chi connectivity index (χ4n) is 3.51. The second kappa shape index (κ2) is 4.86. The Labute approximate surface area is 105 Å². The van der Waals surface area contributed by atoms with Crippen LogP contribution in [0, 0.1) is 17.8 Å². The molecule has 2 N–H and O–H groups in total. The molecule has 0 aliphatic heterocycles. The molecule has 0 radical (unpaired) electrons. The fourth-order valence-corrected chi connectivity index (χ4v) is 4.89. The molecule has 2 aliphatic carbocycles. The number of nitrogens with zero attached hydrogens (tertiary/aromatic N) is 1. The predicted molar refractivity (Wildman–Crippen MR) is 69.0 cm³/mol. The van der Waals surface area contributed by atoms with Gasteiger partial charge in [0.2, 0.25) is 10.0 Å². The van der Waals surface area contributed by atoms with Crippen LogP contribution in [0.5, 0.6) is 0 Å². The van der Waals surface area contributed by atoms with E-state index in [1.54, 1.807) is 7.05 Å². The summed E-state index contributed by atoms with van der Waals surface area (Å²) in [5, 5.41) is 0. The highest BCUT2D eigenvalue weighted by atomic mass is 32.2. The molecule has 5 heteroatoms. The second-order valence-electron chi connectivity index (χ2n) is 5.70. The van der Waals surface area contributed by atoms with Crippen LogP contribution in [0.25, 0.3) is 0 Å². The SMILES string of the molecule is CCN(C)S(=O)(=O)CC(N)C1CC2CCC1C2. The van der Waals surface area contributed by atoms with Crippen LogP contribution in [0.4, 0.5) is 0 Å². The number of hydrogen-bond acceptors (Lipinski definition) is 3. The smallest absolute Gasteiger partial charge is 0.215 e. The summed E-state index contributed by atoms with van der Waals surface area (Å²) in [7, 11) is -1.53. The number of nitrogens with two attached hydrogens (primary N) is 1. The van der Waals surface area contributed by atoms with Gasteiger partial charge in [0.05, 0.1) is 5.75 Å². The highest BCUT2D eigenvalue weighted by Crippen LogP contribution is 2.49. The molecule has 2 aliphatic rings. The molecule has 0 heterocycles. The number of sulfonamides is 1. The van der Waals surface area contributed by atoms with Crippen molar-refractivity contribution in [1.82, 2.24) is 4.31 Å². The highest BCUT2D eigenvalue weighted by molar-refractivity contribution is 7.89. The van der Waals surface area contributed by atoms with Gasteiger partial charge in [-0.1, -0.05) is 13.3 Å². The lowest BCUT2D eigenvalue weighted by Crippen LogP contribution is -2.43. The minimum Gasteiger partial charge on any atom is -0.326 e. The Kier molecular flexibility index (Phi) is 3.80. The van der Waals surface area contributed by atoms with Crippen LogP contribution in [0.2, 0.25) is 0 Å². The quantitative estimate of drug-likeness (QED) is 0.803. The summed E-state index contributed by atoms with van der Waals surface area (Å²) in [6.07, 6.45) is 5.02. The second-order valence-corrected chi connectivity index (χ2v) is 7.82. The Balaban J connectivity index is 1.95. The maximum atomic E-state index is 12.0. The number of rotatable bonds is 5. The lowest BCUT2D eigenvalue weighted by Gasteiger charge is -2.28. The van der Waals surface area contributed by atoms with E-state index in [1.165, 1.54) is 23.6 Å². The van der Waals surface area contributed by atoms with E-state index in [2.05, 4.69) is 0 Å². The summed E-state index contributed by atoms with van der Waals surface area (Å²) in [5.41, 5.74) is 6.14. The number of fused-ring (bicyclic) bond motifs is 2. The normalized spacial score (nSPS) is 34.5. The van der Waals surface area contributed by atoms with Gasteiger partial charge in [-0.05, 0) is 37.0 Å². The van der Waals surface area contributed by atoms with Gasteiger partial charge in [-0.3, -0.25) is 0 Å². The Bertz CT molecular complexity index is 369. The first-order chi connectivity index (χ1) is 7.94. The number of hydrogen-bond donors (Lipinski definition) is 1. The topological polar surface area (TPSA) is 63.4 Å². The molecular weight excluding hydrogens is 236 g/mol. The third-order valence-electron chi connectivity index (χ3n) is 4.67. The van der Waals surface area contributed by atoms with Gasteiger partial charge in [0.15, 0.2) is 0 Å². The van der Waals surface area contributed by atoms with E-state index in [0.29, 0.717) is 18.4 Å². The van der Waals surface area contributed by atoms with E-state index in [9.17, 15) is 8.42 Å². The zero-order valence-corrected chi connectivity index (χ0v) is 11.6. The van der Waals surface area contributed by atoms with Gasteiger partial charge in [-0.2, -0.15) is 0 Å².